The van der Waals surface area contributed by atoms with Gasteiger partial charge in [0.05, 0.1) is 30.4 Å². The fourth-order valence-corrected chi connectivity index (χ4v) is 2.31. The molecule has 0 aliphatic rings. The monoisotopic (exact) mass is 341 g/mol. The number of rotatable bonds is 7. The number of H-pyrrole nitrogens is 1. The van der Waals surface area contributed by atoms with Gasteiger partial charge < -0.3 is 25.4 Å². The molecule has 8 heteroatoms. The second-order valence-corrected chi connectivity index (χ2v) is 5.42. The van der Waals surface area contributed by atoms with E-state index in [9.17, 15) is 9.59 Å². The molecule has 3 aromatic rings. The molecule has 4 N–H and O–H groups in total. The lowest BCUT2D eigenvalue weighted by Crippen LogP contribution is -2.42. The van der Waals surface area contributed by atoms with Crippen molar-refractivity contribution in [3.8, 4) is 0 Å². The Morgan fingerprint density at radius 1 is 1.08 bits per heavy atom. The normalized spacial score (nSPS) is 10.6. The number of amides is 3. The van der Waals surface area contributed by atoms with Crippen LogP contribution >= 0.6 is 0 Å². The SMILES string of the molecule is O=C(CNC(=O)NCc1ccco1)NCCc1nc2ccccc2[nH]1. The van der Waals surface area contributed by atoms with Crippen molar-refractivity contribution in [1.29, 1.82) is 0 Å². The Morgan fingerprint density at radius 3 is 2.76 bits per heavy atom. The van der Waals surface area contributed by atoms with Gasteiger partial charge in [0.25, 0.3) is 0 Å². The number of nitrogens with zero attached hydrogens (tertiary/aromatic N) is 1. The zero-order valence-electron chi connectivity index (χ0n) is 13.5. The molecule has 8 nitrogen and oxygen atoms in total. The summed E-state index contributed by atoms with van der Waals surface area (Å²) in [4.78, 5) is 31.0. The average molecular weight is 341 g/mol. The summed E-state index contributed by atoms with van der Waals surface area (Å²) in [6, 6.07) is 10.8. The summed E-state index contributed by atoms with van der Waals surface area (Å²) in [6.07, 6.45) is 2.12. The standard InChI is InChI=1S/C17H19N5O3/c23-16(11-20-17(24)19-10-12-4-3-9-25-12)18-8-7-15-21-13-5-1-2-6-14(13)22-15/h1-6,9H,7-8,10-11H2,(H,18,23)(H,21,22)(H2,19,20,24). The van der Waals surface area contributed by atoms with Crippen LogP contribution in [0.2, 0.25) is 0 Å². The molecule has 0 saturated heterocycles. The molecule has 0 radical (unpaired) electrons. The summed E-state index contributed by atoms with van der Waals surface area (Å²) >= 11 is 0. The number of aromatic nitrogens is 2. The molecule has 0 aliphatic carbocycles. The minimum absolute atomic E-state index is 0.0931. The van der Waals surface area contributed by atoms with Gasteiger partial charge >= 0.3 is 6.03 Å². The van der Waals surface area contributed by atoms with E-state index in [-0.39, 0.29) is 19.0 Å². The van der Waals surface area contributed by atoms with E-state index in [1.807, 2.05) is 24.3 Å². The third kappa shape index (κ3) is 4.84. The van der Waals surface area contributed by atoms with E-state index in [0.717, 1.165) is 16.9 Å². The van der Waals surface area contributed by atoms with Crippen LogP contribution in [0.4, 0.5) is 4.79 Å². The Bertz CT molecular complexity index is 808. The van der Waals surface area contributed by atoms with Gasteiger partial charge in [-0.15, -0.1) is 0 Å². The second-order valence-electron chi connectivity index (χ2n) is 5.42. The van der Waals surface area contributed by atoms with Crippen LogP contribution in [0.25, 0.3) is 11.0 Å². The Hall–Kier alpha value is -3.29. The van der Waals surface area contributed by atoms with Gasteiger partial charge in [-0.3, -0.25) is 4.79 Å². The zero-order valence-corrected chi connectivity index (χ0v) is 13.5. The molecule has 1 aromatic carbocycles. The second kappa shape index (κ2) is 8.00. The highest BCUT2D eigenvalue weighted by molar-refractivity contribution is 5.83. The summed E-state index contributed by atoms with van der Waals surface area (Å²) in [5, 5.41) is 7.83. The van der Waals surface area contributed by atoms with E-state index in [4.69, 9.17) is 4.42 Å². The molecular weight excluding hydrogens is 322 g/mol. The number of para-hydroxylation sites is 2. The van der Waals surface area contributed by atoms with Crippen molar-refractivity contribution < 1.29 is 14.0 Å². The summed E-state index contributed by atoms with van der Waals surface area (Å²) < 4.78 is 5.10. The summed E-state index contributed by atoms with van der Waals surface area (Å²) in [6.45, 7) is 0.616. The first-order valence-corrected chi connectivity index (χ1v) is 7.95. The molecular formula is C17H19N5O3. The number of carbonyl (C=O) groups excluding carboxylic acids is 2. The van der Waals surface area contributed by atoms with Crippen molar-refractivity contribution >= 4 is 23.0 Å². The van der Waals surface area contributed by atoms with E-state index in [0.29, 0.717) is 18.7 Å². The Kier molecular flexibility index (Phi) is 5.30. The summed E-state index contributed by atoms with van der Waals surface area (Å²) in [7, 11) is 0. The lowest BCUT2D eigenvalue weighted by Gasteiger charge is -2.07. The number of carbonyl (C=O) groups is 2. The molecule has 2 aromatic heterocycles. The first-order chi connectivity index (χ1) is 12.2. The number of imidazole rings is 1. The molecule has 3 amide bonds. The Labute approximate surface area is 144 Å². The van der Waals surface area contributed by atoms with E-state index in [2.05, 4.69) is 25.9 Å². The topological polar surface area (TPSA) is 112 Å². The average Bonchev–Trinajstić information content (AvgIpc) is 3.27. The highest BCUT2D eigenvalue weighted by Gasteiger charge is 2.06. The number of aromatic amines is 1. The third-order valence-electron chi connectivity index (χ3n) is 3.54. The molecule has 0 atom stereocenters. The maximum absolute atomic E-state index is 11.7. The van der Waals surface area contributed by atoms with Gasteiger partial charge in [0, 0.05) is 13.0 Å². The van der Waals surface area contributed by atoms with Crippen LogP contribution in [-0.4, -0.2) is 35.0 Å². The third-order valence-corrected chi connectivity index (χ3v) is 3.54. The highest BCUT2D eigenvalue weighted by atomic mass is 16.3. The van der Waals surface area contributed by atoms with Gasteiger partial charge in [0.15, 0.2) is 0 Å². The number of hydrogen-bond donors (Lipinski definition) is 4. The quantitative estimate of drug-likeness (QED) is 0.519. The molecule has 0 aliphatic heterocycles. The van der Waals surface area contributed by atoms with Crippen LogP contribution in [0.15, 0.2) is 47.1 Å². The maximum atomic E-state index is 11.7. The molecule has 0 fully saturated rings. The number of hydrogen-bond acceptors (Lipinski definition) is 4. The Morgan fingerprint density at radius 2 is 1.96 bits per heavy atom. The Balaban J connectivity index is 1.33. The van der Waals surface area contributed by atoms with Gasteiger partial charge in [0.2, 0.25) is 5.91 Å². The van der Waals surface area contributed by atoms with E-state index in [1.165, 1.54) is 6.26 Å². The predicted molar refractivity (Wildman–Crippen MR) is 91.8 cm³/mol. The summed E-state index contributed by atoms with van der Waals surface area (Å²) in [5.74, 6) is 1.19. The molecule has 25 heavy (non-hydrogen) atoms. The first-order valence-electron chi connectivity index (χ1n) is 7.95. The van der Waals surface area contributed by atoms with Crippen LogP contribution < -0.4 is 16.0 Å². The van der Waals surface area contributed by atoms with Crippen molar-refractivity contribution in [2.75, 3.05) is 13.1 Å². The molecule has 0 unspecified atom stereocenters. The summed E-state index contributed by atoms with van der Waals surface area (Å²) in [5.41, 5.74) is 1.87. The number of urea groups is 1. The molecule has 0 bridgehead atoms. The van der Waals surface area contributed by atoms with Gasteiger partial charge in [-0.2, -0.15) is 0 Å². The number of nitrogens with one attached hydrogen (secondary N) is 4. The van der Waals surface area contributed by atoms with Gasteiger partial charge in [0.1, 0.15) is 11.6 Å². The number of fused-ring (bicyclic) bond motifs is 1. The molecule has 0 saturated carbocycles. The fourth-order valence-electron chi connectivity index (χ4n) is 2.31. The molecule has 0 spiro atoms. The minimum Gasteiger partial charge on any atom is -0.467 e. The molecule has 3 rings (SSSR count). The molecule has 2 heterocycles. The zero-order chi connectivity index (χ0) is 17.5. The van der Waals surface area contributed by atoms with Crippen molar-refractivity contribution in [3.63, 3.8) is 0 Å². The first kappa shape index (κ1) is 16.6. The van der Waals surface area contributed by atoms with Gasteiger partial charge in [-0.25, -0.2) is 9.78 Å². The molecule has 130 valence electrons. The predicted octanol–water partition coefficient (Wildman–Crippen LogP) is 1.31. The smallest absolute Gasteiger partial charge is 0.315 e. The number of furan rings is 1. The highest BCUT2D eigenvalue weighted by Crippen LogP contribution is 2.10. The van der Waals surface area contributed by atoms with Gasteiger partial charge in [-0.05, 0) is 24.3 Å². The lowest BCUT2D eigenvalue weighted by molar-refractivity contribution is -0.120. The van der Waals surface area contributed by atoms with Crippen LogP contribution in [0.5, 0.6) is 0 Å². The van der Waals surface area contributed by atoms with Crippen LogP contribution in [0, 0.1) is 0 Å². The van der Waals surface area contributed by atoms with Crippen molar-refractivity contribution in [3.05, 3.63) is 54.2 Å². The fraction of sp³-hybridized carbons (Fsp3) is 0.235. The van der Waals surface area contributed by atoms with E-state index in [1.54, 1.807) is 12.1 Å². The lowest BCUT2D eigenvalue weighted by atomic mass is 10.3. The van der Waals surface area contributed by atoms with E-state index < -0.39 is 6.03 Å². The largest absolute Gasteiger partial charge is 0.467 e. The number of benzene rings is 1. The van der Waals surface area contributed by atoms with Gasteiger partial charge in [-0.1, -0.05) is 12.1 Å². The van der Waals surface area contributed by atoms with Crippen LogP contribution in [0.3, 0.4) is 0 Å². The van der Waals surface area contributed by atoms with Crippen molar-refractivity contribution in [2.45, 2.75) is 13.0 Å². The van der Waals surface area contributed by atoms with Crippen LogP contribution in [0.1, 0.15) is 11.6 Å². The minimum atomic E-state index is -0.427. The van der Waals surface area contributed by atoms with Crippen molar-refractivity contribution in [2.24, 2.45) is 0 Å². The van der Waals surface area contributed by atoms with Crippen molar-refractivity contribution in [1.82, 2.24) is 25.9 Å². The van der Waals surface area contributed by atoms with Crippen LogP contribution in [-0.2, 0) is 17.8 Å². The maximum Gasteiger partial charge on any atom is 0.315 e. The van der Waals surface area contributed by atoms with E-state index >= 15 is 0 Å².